The normalized spacial score (nSPS) is 21.1. The summed E-state index contributed by atoms with van der Waals surface area (Å²) in [6, 6.07) is 13.4. The fraction of sp³-hybridized carbons (Fsp3) is 0.176. The third-order valence-corrected chi connectivity index (χ3v) is 3.86. The molecule has 2 aromatic carbocycles. The van der Waals surface area contributed by atoms with Crippen LogP contribution < -0.4 is 20.1 Å². The average Bonchev–Trinajstić information content (AvgIpc) is 3.21. The van der Waals surface area contributed by atoms with Crippen molar-refractivity contribution < 1.29 is 23.8 Å². The molecule has 24 heavy (non-hydrogen) atoms. The van der Waals surface area contributed by atoms with E-state index in [1.54, 1.807) is 18.2 Å². The van der Waals surface area contributed by atoms with Crippen molar-refractivity contribution in [3.63, 3.8) is 0 Å². The minimum atomic E-state index is -0.815. The fourth-order valence-corrected chi connectivity index (χ4v) is 2.72. The predicted molar refractivity (Wildman–Crippen MR) is 83.8 cm³/mol. The van der Waals surface area contributed by atoms with Gasteiger partial charge in [-0.2, -0.15) is 0 Å². The summed E-state index contributed by atoms with van der Waals surface area (Å²) in [4.78, 5) is 24.2. The molecule has 0 aliphatic carbocycles. The van der Waals surface area contributed by atoms with Crippen LogP contribution >= 0.6 is 0 Å². The molecule has 2 N–H and O–H groups in total. The predicted octanol–water partition coefficient (Wildman–Crippen LogP) is 2.20. The summed E-state index contributed by atoms with van der Waals surface area (Å²) in [7, 11) is 0. The lowest BCUT2D eigenvalue weighted by Gasteiger charge is -2.17. The van der Waals surface area contributed by atoms with Crippen molar-refractivity contribution in [2.24, 2.45) is 0 Å². The van der Waals surface area contributed by atoms with Gasteiger partial charge in [0.2, 0.25) is 6.79 Å². The van der Waals surface area contributed by atoms with Crippen LogP contribution in [-0.2, 0) is 9.53 Å². The van der Waals surface area contributed by atoms with Crippen LogP contribution in [0.4, 0.5) is 10.5 Å². The van der Waals surface area contributed by atoms with E-state index in [1.165, 1.54) is 0 Å². The van der Waals surface area contributed by atoms with Crippen LogP contribution in [0.5, 0.6) is 11.5 Å². The molecule has 0 saturated carbocycles. The van der Waals surface area contributed by atoms with Crippen molar-refractivity contribution in [1.29, 1.82) is 0 Å². The molecule has 2 atom stereocenters. The second-order valence-corrected chi connectivity index (χ2v) is 5.42. The van der Waals surface area contributed by atoms with Crippen molar-refractivity contribution >= 4 is 17.7 Å². The molecule has 0 bridgehead atoms. The third kappa shape index (κ3) is 2.60. The van der Waals surface area contributed by atoms with Crippen LogP contribution in [0.2, 0.25) is 0 Å². The average molecular weight is 326 g/mol. The zero-order chi connectivity index (χ0) is 16.5. The number of carbonyl (C=O) groups is 2. The summed E-state index contributed by atoms with van der Waals surface area (Å²) in [6.07, 6.45) is -1.29. The number of rotatable bonds is 3. The molecule has 2 heterocycles. The van der Waals surface area contributed by atoms with Crippen LogP contribution in [0.15, 0.2) is 48.5 Å². The first-order valence-corrected chi connectivity index (χ1v) is 7.43. The number of benzene rings is 2. The number of cyclic esters (lactones) is 1. The van der Waals surface area contributed by atoms with E-state index in [0.717, 1.165) is 5.56 Å². The number of carbonyl (C=O) groups excluding carboxylic acids is 2. The van der Waals surface area contributed by atoms with Crippen LogP contribution in [0, 0.1) is 0 Å². The summed E-state index contributed by atoms with van der Waals surface area (Å²) in [5.74, 6) is 0.834. The van der Waals surface area contributed by atoms with Gasteiger partial charge in [0.25, 0.3) is 5.91 Å². The molecule has 2 amide bonds. The van der Waals surface area contributed by atoms with E-state index in [-0.39, 0.29) is 12.7 Å². The Hall–Kier alpha value is -3.22. The van der Waals surface area contributed by atoms with Crippen molar-refractivity contribution in [1.82, 2.24) is 5.32 Å². The van der Waals surface area contributed by atoms with Crippen molar-refractivity contribution in [2.75, 3.05) is 12.1 Å². The van der Waals surface area contributed by atoms with E-state index in [2.05, 4.69) is 10.6 Å². The minimum absolute atomic E-state index is 0.162. The fourth-order valence-electron chi connectivity index (χ4n) is 2.72. The van der Waals surface area contributed by atoms with E-state index in [4.69, 9.17) is 14.2 Å². The summed E-state index contributed by atoms with van der Waals surface area (Å²) in [6.45, 7) is 0.162. The van der Waals surface area contributed by atoms with Crippen LogP contribution in [0.1, 0.15) is 11.7 Å². The molecule has 7 heteroatoms. The number of hydrogen-bond acceptors (Lipinski definition) is 5. The number of fused-ring (bicyclic) bond motifs is 1. The Morgan fingerprint density at radius 1 is 1.08 bits per heavy atom. The topological polar surface area (TPSA) is 85.9 Å². The van der Waals surface area contributed by atoms with Gasteiger partial charge in [-0.1, -0.05) is 30.3 Å². The molecule has 0 radical (unpaired) electrons. The molecule has 4 rings (SSSR count). The Balaban J connectivity index is 1.53. The van der Waals surface area contributed by atoms with Gasteiger partial charge in [-0.15, -0.1) is 0 Å². The number of hydrogen-bond donors (Lipinski definition) is 2. The van der Waals surface area contributed by atoms with E-state index in [1.807, 2.05) is 30.3 Å². The first-order chi connectivity index (χ1) is 11.7. The number of nitrogens with one attached hydrogen (secondary N) is 2. The van der Waals surface area contributed by atoms with Crippen LogP contribution in [0.25, 0.3) is 0 Å². The first kappa shape index (κ1) is 14.4. The number of amides is 2. The van der Waals surface area contributed by atoms with Gasteiger partial charge in [0.15, 0.2) is 23.6 Å². The Labute approximate surface area is 137 Å². The Morgan fingerprint density at radius 3 is 2.71 bits per heavy atom. The Kier molecular flexibility index (Phi) is 3.45. The zero-order valence-electron chi connectivity index (χ0n) is 12.5. The standard InChI is InChI=1S/C17H14N2O5/c20-16(18-11-6-7-12-13(8-11)23-9-22-12)14-15(24-17(21)19-14)10-4-2-1-3-5-10/h1-8,14-15H,9H2,(H,18,20)(H,19,21). The Bertz CT molecular complexity index is 793. The lowest BCUT2D eigenvalue weighted by Crippen LogP contribution is -2.40. The highest BCUT2D eigenvalue weighted by Crippen LogP contribution is 2.34. The van der Waals surface area contributed by atoms with Crippen LogP contribution in [0.3, 0.4) is 0 Å². The number of ether oxygens (including phenoxy) is 3. The smallest absolute Gasteiger partial charge is 0.408 e. The van der Waals surface area contributed by atoms with Gasteiger partial charge in [-0.3, -0.25) is 4.79 Å². The van der Waals surface area contributed by atoms with E-state index in [0.29, 0.717) is 17.2 Å². The van der Waals surface area contributed by atoms with Gasteiger partial charge >= 0.3 is 6.09 Å². The van der Waals surface area contributed by atoms with Crippen LogP contribution in [-0.4, -0.2) is 24.8 Å². The maximum atomic E-state index is 12.6. The van der Waals surface area contributed by atoms with Gasteiger partial charge in [0.05, 0.1) is 0 Å². The lowest BCUT2D eigenvalue weighted by molar-refractivity contribution is -0.119. The lowest BCUT2D eigenvalue weighted by atomic mass is 10.0. The summed E-state index contributed by atoms with van der Waals surface area (Å²) >= 11 is 0. The van der Waals surface area contributed by atoms with E-state index < -0.39 is 18.2 Å². The Morgan fingerprint density at radius 2 is 1.88 bits per heavy atom. The van der Waals surface area contributed by atoms with E-state index >= 15 is 0 Å². The van der Waals surface area contributed by atoms with E-state index in [9.17, 15) is 9.59 Å². The summed E-state index contributed by atoms with van der Waals surface area (Å²) < 4.78 is 15.8. The van der Waals surface area contributed by atoms with Gasteiger partial charge in [0.1, 0.15) is 0 Å². The maximum Gasteiger partial charge on any atom is 0.408 e. The molecular weight excluding hydrogens is 312 g/mol. The number of anilines is 1. The van der Waals surface area contributed by atoms with Crippen molar-refractivity contribution in [3.8, 4) is 11.5 Å². The molecule has 2 aliphatic heterocycles. The second-order valence-electron chi connectivity index (χ2n) is 5.42. The molecule has 0 spiro atoms. The molecule has 1 fully saturated rings. The van der Waals surface area contributed by atoms with Crippen molar-refractivity contribution in [3.05, 3.63) is 54.1 Å². The molecule has 122 valence electrons. The highest BCUT2D eigenvalue weighted by Gasteiger charge is 2.40. The van der Waals surface area contributed by atoms with Crippen molar-refractivity contribution in [2.45, 2.75) is 12.1 Å². The van der Waals surface area contributed by atoms with Gasteiger partial charge in [0, 0.05) is 11.8 Å². The highest BCUT2D eigenvalue weighted by molar-refractivity contribution is 5.98. The first-order valence-electron chi connectivity index (χ1n) is 7.43. The van der Waals surface area contributed by atoms with Gasteiger partial charge in [-0.05, 0) is 17.7 Å². The third-order valence-electron chi connectivity index (χ3n) is 3.86. The molecule has 1 saturated heterocycles. The van der Waals surface area contributed by atoms with Gasteiger partial charge in [-0.25, -0.2) is 4.79 Å². The maximum absolute atomic E-state index is 12.6. The molecule has 0 aromatic heterocycles. The second kappa shape index (κ2) is 5.77. The molecular formula is C17H14N2O5. The zero-order valence-corrected chi connectivity index (χ0v) is 12.5. The molecule has 2 aromatic rings. The molecule has 7 nitrogen and oxygen atoms in total. The summed E-state index contributed by atoms with van der Waals surface area (Å²) in [5.41, 5.74) is 1.30. The quantitative estimate of drug-likeness (QED) is 0.903. The minimum Gasteiger partial charge on any atom is -0.454 e. The largest absolute Gasteiger partial charge is 0.454 e. The summed E-state index contributed by atoms with van der Waals surface area (Å²) in [5, 5.41) is 5.31. The molecule has 2 aliphatic rings. The number of alkyl carbamates (subject to hydrolysis) is 1. The van der Waals surface area contributed by atoms with Gasteiger partial charge < -0.3 is 24.8 Å². The SMILES string of the molecule is O=C1NC(C(=O)Nc2ccc3c(c2)OCO3)C(c2ccccc2)O1. The highest BCUT2D eigenvalue weighted by atomic mass is 16.7. The monoisotopic (exact) mass is 326 g/mol. The molecule has 2 unspecified atom stereocenters.